The van der Waals surface area contributed by atoms with Crippen LogP contribution in [-0.2, 0) is 0 Å². The average molecular weight is 557 g/mol. The number of ketones is 1. The molecule has 39 heavy (non-hydrogen) atoms. The van der Waals surface area contributed by atoms with Crippen molar-refractivity contribution in [3.8, 4) is 22.8 Å². The molecule has 5 rings (SSSR count). The van der Waals surface area contributed by atoms with Gasteiger partial charge in [0.05, 0.1) is 6.61 Å². The number of allylic oxidation sites excluding steroid dienone is 1. The lowest BCUT2D eigenvalue weighted by Gasteiger charge is -2.07. The molecule has 0 atom stereocenters. The zero-order chi connectivity index (χ0) is 27.4. The van der Waals surface area contributed by atoms with E-state index in [2.05, 4.69) is 0 Å². The van der Waals surface area contributed by atoms with Crippen LogP contribution < -0.4 is 9.47 Å². The van der Waals surface area contributed by atoms with Gasteiger partial charge in [0, 0.05) is 26.6 Å². The molecule has 0 spiro atoms. The van der Waals surface area contributed by atoms with Crippen molar-refractivity contribution in [2.24, 2.45) is 0 Å². The first kappa shape index (κ1) is 26.3. The number of hydrogen-bond acceptors (Lipinski definition) is 5. The molecule has 5 nitrogen and oxygen atoms in total. The fraction of sp³-hybridized carbons (Fsp3) is 0.0625. The summed E-state index contributed by atoms with van der Waals surface area (Å²) >= 11 is 12.1. The van der Waals surface area contributed by atoms with Crippen LogP contribution in [0.25, 0.3) is 28.4 Å². The quantitative estimate of drug-likeness (QED) is 0.0825. The Labute approximate surface area is 235 Å². The predicted molar refractivity (Wildman–Crippen MR) is 154 cm³/mol. The van der Waals surface area contributed by atoms with E-state index >= 15 is 0 Å². The van der Waals surface area contributed by atoms with Crippen molar-refractivity contribution in [2.75, 3.05) is 6.61 Å². The molecule has 4 aromatic carbocycles. The summed E-state index contributed by atoms with van der Waals surface area (Å²) < 4.78 is 17.4. The minimum atomic E-state index is -0.586. The van der Waals surface area contributed by atoms with E-state index in [4.69, 9.17) is 37.1 Å². The molecule has 0 bridgehead atoms. The van der Waals surface area contributed by atoms with Crippen LogP contribution in [0.4, 0.5) is 0 Å². The van der Waals surface area contributed by atoms with Crippen LogP contribution in [0.5, 0.6) is 11.5 Å². The summed E-state index contributed by atoms with van der Waals surface area (Å²) in [5.41, 5.74) is 2.68. The Morgan fingerprint density at radius 1 is 0.872 bits per heavy atom. The zero-order valence-electron chi connectivity index (χ0n) is 20.8. The number of halogens is 2. The summed E-state index contributed by atoms with van der Waals surface area (Å²) in [6, 6.07) is 26.1. The van der Waals surface area contributed by atoms with Crippen molar-refractivity contribution in [3.63, 3.8) is 0 Å². The molecule has 0 radical (unpaired) electrons. The molecule has 1 aromatic heterocycles. The fourth-order valence-corrected chi connectivity index (χ4v) is 4.54. The van der Waals surface area contributed by atoms with E-state index in [9.17, 15) is 9.59 Å². The fourth-order valence-electron chi connectivity index (χ4n) is 4.07. The molecule has 5 aromatic rings. The van der Waals surface area contributed by atoms with Crippen molar-refractivity contribution in [2.45, 2.75) is 6.92 Å². The van der Waals surface area contributed by atoms with Crippen LogP contribution in [0.15, 0.2) is 101 Å². The molecule has 0 aliphatic rings. The van der Waals surface area contributed by atoms with Gasteiger partial charge in [0.1, 0.15) is 28.4 Å². The molecule has 0 fully saturated rings. The molecule has 194 valence electrons. The van der Waals surface area contributed by atoms with Gasteiger partial charge in [-0.3, -0.25) is 4.79 Å². The maximum absolute atomic E-state index is 13.5. The Bertz CT molecular complexity index is 1690. The maximum Gasteiger partial charge on any atom is 0.348 e. The Balaban J connectivity index is 1.40. The molecule has 0 saturated heterocycles. The number of benzene rings is 4. The molecule has 0 N–H and O–H groups in total. The van der Waals surface area contributed by atoms with E-state index in [1.165, 1.54) is 6.08 Å². The summed E-state index contributed by atoms with van der Waals surface area (Å²) in [5, 5.41) is 1.55. The molecule has 7 heteroatoms. The van der Waals surface area contributed by atoms with Gasteiger partial charge in [0.2, 0.25) is 0 Å². The van der Waals surface area contributed by atoms with E-state index in [-0.39, 0.29) is 11.5 Å². The number of carbonyl (C=O) groups is 2. The van der Waals surface area contributed by atoms with Crippen molar-refractivity contribution < 1.29 is 23.5 Å². The van der Waals surface area contributed by atoms with Crippen LogP contribution in [0, 0.1) is 0 Å². The summed E-state index contributed by atoms with van der Waals surface area (Å²) in [7, 11) is 0. The van der Waals surface area contributed by atoms with Gasteiger partial charge in [-0.25, -0.2) is 4.79 Å². The summed E-state index contributed by atoms with van der Waals surface area (Å²) in [6.45, 7) is 2.38. The summed E-state index contributed by atoms with van der Waals surface area (Å²) in [4.78, 5) is 26.1. The summed E-state index contributed by atoms with van der Waals surface area (Å²) in [6.07, 6.45) is 3.05. The number of furan rings is 1. The van der Waals surface area contributed by atoms with E-state index < -0.39 is 5.97 Å². The van der Waals surface area contributed by atoms with Crippen LogP contribution in [0.1, 0.15) is 33.2 Å². The number of fused-ring (bicyclic) bond motifs is 1. The lowest BCUT2D eigenvalue weighted by atomic mass is 10.1. The van der Waals surface area contributed by atoms with Gasteiger partial charge in [-0.2, -0.15) is 0 Å². The SMILES string of the molecule is CCOc1ccc2oc(-c3ccccc3)c(C(=O)Oc3ccc(C(=O)/C=C/c4ccc(Cl)cc4Cl)cc3)c2c1. The molecular weight excluding hydrogens is 535 g/mol. The second-order valence-electron chi connectivity index (χ2n) is 8.54. The second kappa shape index (κ2) is 11.6. The highest BCUT2D eigenvalue weighted by molar-refractivity contribution is 6.35. The predicted octanol–water partition coefficient (Wildman–Crippen LogP) is 8.92. The van der Waals surface area contributed by atoms with Gasteiger partial charge in [-0.05, 0) is 79.2 Å². The normalized spacial score (nSPS) is 11.2. The van der Waals surface area contributed by atoms with Crippen molar-refractivity contribution >= 4 is 52.0 Å². The largest absolute Gasteiger partial charge is 0.494 e. The number of rotatable bonds is 8. The number of esters is 1. The zero-order valence-corrected chi connectivity index (χ0v) is 22.3. The Kier molecular flexibility index (Phi) is 7.82. The van der Waals surface area contributed by atoms with E-state index in [0.29, 0.717) is 55.8 Å². The minimum absolute atomic E-state index is 0.227. The highest BCUT2D eigenvalue weighted by Crippen LogP contribution is 2.36. The van der Waals surface area contributed by atoms with Crippen molar-refractivity contribution in [3.05, 3.63) is 124 Å². The molecule has 0 unspecified atom stereocenters. The Morgan fingerprint density at radius 2 is 1.62 bits per heavy atom. The topological polar surface area (TPSA) is 65.7 Å². The van der Waals surface area contributed by atoms with E-state index in [1.54, 1.807) is 66.7 Å². The smallest absolute Gasteiger partial charge is 0.348 e. The third-order valence-electron chi connectivity index (χ3n) is 5.94. The van der Waals surface area contributed by atoms with E-state index in [0.717, 1.165) is 5.56 Å². The minimum Gasteiger partial charge on any atom is -0.494 e. The first-order valence-electron chi connectivity index (χ1n) is 12.2. The first-order chi connectivity index (χ1) is 18.9. The third-order valence-corrected chi connectivity index (χ3v) is 6.50. The number of ether oxygens (including phenoxy) is 2. The molecule has 0 aliphatic heterocycles. The van der Waals surface area contributed by atoms with Crippen molar-refractivity contribution in [1.82, 2.24) is 0 Å². The number of hydrogen-bond donors (Lipinski definition) is 0. The highest BCUT2D eigenvalue weighted by atomic mass is 35.5. The number of carbonyl (C=O) groups excluding carboxylic acids is 2. The standard InChI is InChI=1S/C32H22Cl2O5/c1-2-37-25-15-17-29-26(19-25)30(31(39-29)22-6-4-3-5-7-22)32(36)38-24-13-9-21(10-14-24)28(35)16-11-20-8-12-23(33)18-27(20)34/h3-19H,2H2,1H3/b16-11+. The van der Waals surface area contributed by atoms with Crippen molar-refractivity contribution in [1.29, 1.82) is 0 Å². The van der Waals surface area contributed by atoms with Crippen LogP contribution in [-0.4, -0.2) is 18.4 Å². The van der Waals surface area contributed by atoms with Crippen LogP contribution in [0.2, 0.25) is 10.0 Å². The molecule has 0 aliphatic carbocycles. The van der Waals surface area contributed by atoms with Gasteiger partial charge in [-0.15, -0.1) is 0 Å². The lowest BCUT2D eigenvalue weighted by molar-refractivity contribution is 0.0737. The van der Waals surface area contributed by atoms with Gasteiger partial charge >= 0.3 is 5.97 Å². The first-order valence-corrected chi connectivity index (χ1v) is 12.9. The van der Waals surface area contributed by atoms with Gasteiger partial charge in [0.25, 0.3) is 0 Å². The molecular formula is C32H22Cl2O5. The van der Waals surface area contributed by atoms with E-state index in [1.807, 2.05) is 37.3 Å². The monoisotopic (exact) mass is 556 g/mol. The second-order valence-corrected chi connectivity index (χ2v) is 9.38. The lowest BCUT2D eigenvalue weighted by Crippen LogP contribution is -2.09. The van der Waals surface area contributed by atoms with Gasteiger partial charge in [0.15, 0.2) is 5.78 Å². The maximum atomic E-state index is 13.5. The van der Waals surface area contributed by atoms with Gasteiger partial charge < -0.3 is 13.9 Å². The molecule has 1 heterocycles. The van der Waals surface area contributed by atoms with Crippen LogP contribution >= 0.6 is 23.2 Å². The Morgan fingerprint density at radius 3 is 2.33 bits per heavy atom. The van der Waals surface area contributed by atoms with Gasteiger partial charge in [-0.1, -0.05) is 59.6 Å². The molecule has 0 amide bonds. The summed E-state index contributed by atoms with van der Waals surface area (Å²) in [5.74, 6) is 0.500. The highest BCUT2D eigenvalue weighted by Gasteiger charge is 2.24. The average Bonchev–Trinajstić information content (AvgIpc) is 3.32. The molecule has 0 saturated carbocycles. The third kappa shape index (κ3) is 5.90. The van der Waals surface area contributed by atoms with Crippen LogP contribution in [0.3, 0.4) is 0 Å². The Hall–Kier alpha value is -4.32.